The number of piperazine rings is 1. The van der Waals surface area contributed by atoms with E-state index >= 15 is 0 Å². The number of aromatic nitrogens is 2. The van der Waals surface area contributed by atoms with E-state index in [1.54, 1.807) is 6.33 Å². The molecule has 0 radical (unpaired) electrons. The fourth-order valence-corrected chi connectivity index (χ4v) is 3.36. The average molecular weight is 318 g/mol. The molecule has 2 saturated heterocycles. The van der Waals surface area contributed by atoms with Gasteiger partial charge in [0.25, 0.3) is 0 Å². The van der Waals surface area contributed by atoms with Crippen LogP contribution in [0.1, 0.15) is 30.5 Å². The van der Waals surface area contributed by atoms with E-state index < -0.39 is 0 Å². The second-order valence-corrected chi connectivity index (χ2v) is 6.56. The summed E-state index contributed by atoms with van der Waals surface area (Å²) in [5, 5.41) is 0. The number of hydrogen-bond acceptors (Lipinski definition) is 5. The average Bonchev–Trinajstić information content (AvgIpc) is 2.58. The molecule has 2 aliphatic heterocycles. The Kier molecular flexibility index (Phi) is 5.10. The van der Waals surface area contributed by atoms with Crippen LogP contribution in [0.4, 0.5) is 5.82 Å². The van der Waals surface area contributed by atoms with E-state index in [-0.39, 0.29) is 5.91 Å². The van der Waals surface area contributed by atoms with E-state index in [0.29, 0.717) is 12.3 Å². The molecule has 0 aromatic carbocycles. The quantitative estimate of drug-likeness (QED) is 0.846. The zero-order valence-corrected chi connectivity index (χ0v) is 14.1. The number of aryl methyl sites for hydroxylation is 1. The number of carbonyl (C=O) groups is 1. The summed E-state index contributed by atoms with van der Waals surface area (Å²) in [6, 6.07) is 0. The largest absolute Gasteiger partial charge is 0.381 e. The summed E-state index contributed by atoms with van der Waals surface area (Å²) in [6.45, 7) is 8.88. The lowest BCUT2D eigenvalue weighted by Gasteiger charge is -2.36. The first-order valence-corrected chi connectivity index (χ1v) is 8.54. The summed E-state index contributed by atoms with van der Waals surface area (Å²) in [6.07, 6.45) is 4.45. The van der Waals surface area contributed by atoms with E-state index in [1.807, 2.05) is 11.8 Å². The van der Waals surface area contributed by atoms with Gasteiger partial charge in [-0.15, -0.1) is 0 Å². The van der Waals surface area contributed by atoms with Crippen LogP contribution in [0.25, 0.3) is 0 Å². The van der Waals surface area contributed by atoms with Crippen molar-refractivity contribution < 1.29 is 9.53 Å². The van der Waals surface area contributed by atoms with Crippen molar-refractivity contribution in [2.75, 3.05) is 44.3 Å². The maximum Gasteiger partial charge on any atom is 0.223 e. The first-order chi connectivity index (χ1) is 11.1. The Morgan fingerprint density at radius 1 is 1.26 bits per heavy atom. The summed E-state index contributed by atoms with van der Waals surface area (Å²) in [5.41, 5.74) is 2.15. The third-order valence-electron chi connectivity index (χ3n) is 4.96. The summed E-state index contributed by atoms with van der Waals surface area (Å²) in [7, 11) is 0. The van der Waals surface area contributed by atoms with Crippen molar-refractivity contribution in [2.24, 2.45) is 5.92 Å². The lowest BCUT2D eigenvalue weighted by molar-refractivity contribution is -0.133. The van der Waals surface area contributed by atoms with Crippen LogP contribution in [0.5, 0.6) is 0 Å². The lowest BCUT2D eigenvalue weighted by Crippen LogP contribution is -2.49. The van der Waals surface area contributed by atoms with Crippen molar-refractivity contribution in [1.29, 1.82) is 0 Å². The van der Waals surface area contributed by atoms with E-state index in [4.69, 9.17) is 4.74 Å². The molecule has 0 saturated carbocycles. The highest BCUT2D eigenvalue weighted by atomic mass is 16.5. The van der Waals surface area contributed by atoms with Crippen LogP contribution in [-0.4, -0.2) is 60.2 Å². The molecule has 3 rings (SSSR count). The Hall–Kier alpha value is -1.69. The van der Waals surface area contributed by atoms with Crippen LogP contribution >= 0.6 is 0 Å². The minimum absolute atomic E-state index is 0.274. The van der Waals surface area contributed by atoms with Gasteiger partial charge in [0.15, 0.2) is 0 Å². The monoisotopic (exact) mass is 318 g/mol. The van der Waals surface area contributed by atoms with Gasteiger partial charge in [-0.3, -0.25) is 4.79 Å². The molecule has 1 amide bonds. The molecule has 0 spiro atoms. The fourth-order valence-electron chi connectivity index (χ4n) is 3.36. The van der Waals surface area contributed by atoms with Crippen LogP contribution in [0, 0.1) is 19.8 Å². The molecule has 23 heavy (non-hydrogen) atoms. The molecule has 6 nitrogen and oxygen atoms in total. The Balaban J connectivity index is 1.53. The van der Waals surface area contributed by atoms with Crippen LogP contribution in [0.15, 0.2) is 6.33 Å². The van der Waals surface area contributed by atoms with Gasteiger partial charge in [0.1, 0.15) is 12.1 Å². The number of rotatable bonds is 3. The van der Waals surface area contributed by atoms with Crippen molar-refractivity contribution in [3.05, 3.63) is 17.6 Å². The number of hydrogen-bond donors (Lipinski definition) is 0. The molecule has 1 unspecified atom stereocenters. The molecule has 3 heterocycles. The second-order valence-electron chi connectivity index (χ2n) is 6.56. The molecule has 1 aromatic rings. The van der Waals surface area contributed by atoms with Gasteiger partial charge in [-0.2, -0.15) is 0 Å². The second kappa shape index (κ2) is 7.25. The standard InChI is InChI=1S/C17H26N4O2/c1-13-14(2)18-12-19-17(13)21-7-5-20(6-8-21)16(22)10-15-4-3-9-23-11-15/h12,15H,3-11H2,1-2H3. The van der Waals surface area contributed by atoms with Crippen LogP contribution < -0.4 is 4.90 Å². The predicted octanol–water partition coefficient (Wildman–Crippen LogP) is 1.56. The third-order valence-corrected chi connectivity index (χ3v) is 4.96. The third kappa shape index (κ3) is 3.80. The van der Waals surface area contributed by atoms with Gasteiger partial charge in [0.2, 0.25) is 5.91 Å². The molecule has 0 N–H and O–H groups in total. The summed E-state index contributed by atoms with van der Waals surface area (Å²) >= 11 is 0. The first kappa shape index (κ1) is 16.2. The van der Waals surface area contributed by atoms with E-state index in [9.17, 15) is 4.79 Å². The SMILES string of the molecule is Cc1ncnc(N2CCN(C(=O)CC3CCCOC3)CC2)c1C. The lowest BCUT2D eigenvalue weighted by atomic mass is 9.98. The highest BCUT2D eigenvalue weighted by Crippen LogP contribution is 2.22. The number of anilines is 1. The number of nitrogens with zero attached hydrogens (tertiary/aromatic N) is 4. The van der Waals surface area contributed by atoms with E-state index in [2.05, 4.69) is 21.8 Å². The smallest absolute Gasteiger partial charge is 0.223 e. The maximum atomic E-state index is 12.5. The van der Waals surface area contributed by atoms with Gasteiger partial charge in [0.05, 0.1) is 0 Å². The topological polar surface area (TPSA) is 58.6 Å². The van der Waals surface area contributed by atoms with Gasteiger partial charge in [0, 0.05) is 57.1 Å². The van der Waals surface area contributed by atoms with E-state index in [0.717, 1.165) is 69.3 Å². The summed E-state index contributed by atoms with van der Waals surface area (Å²) in [4.78, 5) is 25.4. The number of carbonyl (C=O) groups excluding carboxylic acids is 1. The van der Waals surface area contributed by atoms with Gasteiger partial charge in [-0.25, -0.2) is 9.97 Å². The van der Waals surface area contributed by atoms with Crippen LogP contribution in [0.2, 0.25) is 0 Å². The highest BCUT2D eigenvalue weighted by molar-refractivity contribution is 5.76. The molecule has 1 atom stereocenters. The molecule has 6 heteroatoms. The number of amides is 1. The first-order valence-electron chi connectivity index (χ1n) is 8.54. The van der Waals surface area contributed by atoms with Crippen molar-refractivity contribution >= 4 is 11.7 Å². The van der Waals surface area contributed by atoms with Crippen molar-refractivity contribution in [1.82, 2.24) is 14.9 Å². The van der Waals surface area contributed by atoms with Gasteiger partial charge in [-0.1, -0.05) is 0 Å². The Morgan fingerprint density at radius 2 is 2.04 bits per heavy atom. The molecule has 126 valence electrons. The van der Waals surface area contributed by atoms with E-state index in [1.165, 1.54) is 0 Å². The van der Waals surface area contributed by atoms with Gasteiger partial charge in [-0.05, 0) is 32.6 Å². The minimum atomic E-state index is 0.274. The Morgan fingerprint density at radius 3 is 2.74 bits per heavy atom. The summed E-state index contributed by atoms with van der Waals surface area (Å²) in [5.74, 6) is 1.68. The molecule has 2 aliphatic rings. The normalized spacial score (nSPS) is 22.3. The molecule has 2 fully saturated rings. The zero-order chi connectivity index (χ0) is 16.2. The Labute approximate surface area is 137 Å². The molecule has 0 aliphatic carbocycles. The van der Waals surface area contributed by atoms with Crippen molar-refractivity contribution in [2.45, 2.75) is 33.1 Å². The number of ether oxygens (including phenoxy) is 1. The Bertz CT molecular complexity index is 550. The van der Waals surface area contributed by atoms with Gasteiger partial charge >= 0.3 is 0 Å². The van der Waals surface area contributed by atoms with Crippen molar-refractivity contribution in [3.8, 4) is 0 Å². The zero-order valence-electron chi connectivity index (χ0n) is 14.1. The van der Waals surface area contributed by atoms with Crippen molar-refractivity contribution in [3.63, 3.8) is 0 Å². The minimum Gasteiger partial charge on any atom is -0.381 e. The van der Waals surface area contributed by atoms with Gasteiger partial charge < -0.3 is 14.5 Å². The molecule has 0 bridgehead atoms. The predicted molar refractivity (Wildman–Crippen MR) is 88.5 cm³/mol. The molecular formula is C17H26N4O2. The van der Waals surface area contributed by atoms with Crippen LogP contribution in [-0.2, 0) is 9.53 Å². The van der Waals surface area contributed by atoms with Crippen LogP contribution in [0.3, 0.4) is 0 Å². The maximum absolute atomic E-state index is 12.5. The summed E-state index contributed by atoms with van der Waals surface area (Å²) < 4.78 is 5.48. The molecular weight excluding hydrogens is 292 g/mol. The highest BCUT2D eigenvalue weighted by Gasteiger charge is 2.25. The molecule has 1 aromatic heterocycles. The fraction of sp³-hybridized carbons (Fsp3) is 0.706.